The molecule has 1 heteroatoms. The van der Waals surface area contributed by atoms with Gasteiger partial charge in [-0.2, -0.15) is 0 Å². The molecule has 1 aromatic heterocycles. The molecular formula is C37H25N. The van der Waals surface area contributed by atoms with Crippen LogP contribution in [-0.4, -0.2) is 4.98 Å². The van der Waals surface area contributed by atoms with Crippen molar-refractivity contribution < 1.29 is 0 Å². The van der Waals surface area contributed by atoms with Crippen molar-refractivity contribution in [3.8, 4) is 44.5 Å². The summed E-state index contributed by atoms with van der Waals surface area (Å²) in [5.41, 5.74) is 9.75. The van der Waals surface area contributed by atoms with E-state index >= 15 is 0 Å². The molecule has 178 valence electrons. The Morgan fingerprint density at radius 2 is 0.737 bits per heavy atom. The second-order valence-electron chi connectivity index (χ2n) is 9.61. The lowest BCUT2D eigenvalue weighted by Gasteiger charge is -2.18. The number of aromatic nitrogens is 1. The van der Waals surface area contributed by atoms with Gasteiger partial charge in [-0.3, -0.25) is 4.98 Å². The summed E-state index contributed by atoms with van der Waals surface area (Å²) in [5, 5.41) is 4.86. The van der Waals surface area contributed by atoms with Crippen molar-refractivity contribution in [3.63, 3.8) is 0 Å². The van der Waals surface area contributed by atoms with E-state index in [2.05, 4.69) is 145 Å². The van der Waals surface area contributed by atoms with Gasteiger partial charge in [-0.15, -0.1) is 0 Å². The van der Waals surface area contributed by atoms with Crippen molar-refractivity contribution in [3.05, 3.63) is 152 Å². The largest absolute Gasteiger partial charge is 0.264 e. The van der Waals surface area contributed by atoms with E-state index in [1.807, 2.05) is 12.4 Å². The molecule has 0 aliphatic heterocycles. The van der Waals surface area contributed by atoms with Crippen LogP contribution in [0.4, 0.5) is 0 Å². The molecule has 0 aliphatic carbocycles. The second-order valence-corrected chi connectivity index (χ2v) is 9.61. The van der Waals surface area contributed by atoms with Gasteiger partial charge < -0.3 is 0 Å². The topological polar surface area (TPSA) is 12.9 Å². The van der Waals surface area contributed by atoms with Gasteiger partial charge in [0.15, 0.2) is 0 Å². The second kappa shape index (κ2) is 9.46. The monoisotopic (exact) mass is 483 g/mol. The van der Waals surface area contributed by atoms with Crippen LogP contribution < -0.4 is 0 Å². The van der Waals surface area contributed by atoms with Crippen molar-refractivity contribution in [2.75, 3.05) is 0 Å². The molecular weight excluding hydrogens is 458 g/mol. The van der Waals surface area contributed by atoms with E-state index in [-0.39, 0.29) is 0 Å². The summed E-state index contributed by atoms with van der Waals surface area (Å²) in [5.74, 6) is 0. The molecule has 6 aromatic carbocycles. The molecule has 1 nitrogen and oxygen atoms in total. The van der Waals surface area contributed by atoms with Gasteiger partial charge in [-0.1, -0.05) is 121 Å². The molecule has 0 amide bonds. The molecule has 38 heavy (non-hydrogen) atoms. The standard InChI is InChI=1S/C37H25N/c1-3-11-26(12-4-1)28-15-9-17-30(23-28)36-32-19-7-8-20-33(32)37(35-25-38-22-21-34(35)36)31-18-10-16-29(24-31)27-13-5-2-6-14-27/h1-25H. The number of nitrogens with zero attached hydrogens (tertiary/aromatic N) is 1. The van der Waals surface area contributed by atoms with E-state index in [1.165, 1.54) is 60.7 Å². The summed E-state index contributed by atoms with van der Waals surface area (Å²) in [6.45, 7) is 0. The summed E-state index contributed by atoms with van der Waals surface area (Å²) in [7, 11) is 0. The van der Waals surface area contributed by atoms with E-state index in [0.717, 1.165) is 5.39 Å². The van der Waals surface area contributed by atoms with Crippen molar-refractivity contribution in [1.29, 1.82) is 0 Å². The molecule has 7 aromatic rings. The highest BCUT2D eigenvalue weighted by Crippen LogP contribution is 2.44. The first-order valence-electron chi connectivity index (χ1n) is 13.0. The summed E-state index contributed by atoms with van der Waals surface area (Å²) in [6.07, 6.45) is 3.93. The molecule has 0 radical (unpaired) electrons. The lowest BCUT2D eigenvalue weighted by molar-refractivity contribution is 1.37. The normalized spacial score (nSPS) is 11.2. The quantitative estimate of drug-likeness (QED) is 0.227. The highest BCUT2D eigenvalue weighted by atomic mass is 14.6. The Morgan fingerprint density at radius 1 is 0.316 bits per heavy atom. The Hall–Kier alpha value is -5.01. The van der Waals surface area contributed by atoms with E-state index < -0.39 is 0 Å². The molecule has 0 fully saturated rings. The van der Waals surface area contributed by atoms with Crippen LogP contribution in [-0.2, 0) is 0 Å². The van der Waals surface area contributed by atoms with E-state index in [9.17, 15) is 0 Å². The first-order valence-corrected chi connectivity index (χ1v) is 13.0. The minimum Gasteiger partial charge on any atom is -0.264 e. The predicted molar refractivity (Wildman–Crippen MR) is 161 cm³/mol. The molecule has 0 spiro atoms. The number of benzene rings is 6. The van der Waals surface area contributed by atoms with Crippen molar-refractivity contribution in [2.24, 2.45) is 0 Å². The van der Waals surface area contributed by atoms with E-state index in [1.54, 1.807) is 0 Å². The van der Waals surface area contributed by atoms with Crippen LogP contribution in [0.1, 0.15) is 0 Å². The summed E-state index contributed by atoms with van der Waals surface area (Å²) in [6, 6.07) is 49.9. The SMILES string of the molecule is c1ccc(-c2cccc(-c3c4ccccc4c(-c4cccc(-c5ccccc5)c4)c4cnccc34)c2)cc1. The van der Waals surface area contributed by atoms with Gasteiger partial charge in [0.05, 0.1) is 0 Å². The fraction of sp³-hybridized carbons (Fsp3) is 0. The number of hydrogen-bond acceptors (Lipinski definition) is 1. The average Bonchev–Trinajstić information content (AvgIpc) is 3.01. The van der Waals surface area contributed by atoms with Gasteiger partial charge in [0.1, 0.15) is 0 Å². The highest BCUT2D eigenvalue weighted by molar-refractivity contribution is 6.21. The van der Waals surface area contributed by atoms with Crippen molar-refractivity contribution in [2.45, 2.75) is 0 Å². The summed E-state index contributed by atoms with van der Waals surface area (Å²) >= 11 is 0. The van der Waals surface area contributed by atoms with Gasteiger partial charge >= 0.3 is 0 Å². The van der Waals surface area contributed by atoms with Crippen molar-refractivity contribution in [1.82, 2.24) is 4.98 Å². The minimum atomic E-state index is 1.16. The number of rotatable bonds is 4. The van der Waals surface area contributed by atoms with Crippen LogP contribution in [0.2, 0.25) is 0 Å². The van der Waals surface area contributed by atoms with Crippen molar-refractivity contribution >= 4 is 21.5 Å². The summed E-state index contributed by atoms with van der Waals surface area (Å²) in [4.78, 5) is 4.59. The molecule has 0 aliphatic rings. The highest BCUT2D eigenvalue weighted by Gasteiger charge is 2.17. The van der Waals surface area contributed by atoms with E-state index in [0.29, 0.717) is 0 Å². The Balaban J connectivity index is 1.51. The van der Waals surface area contributed by atoms with Crippen LogP contribution in [0, 0.1) is 0 Å². The maximum Gasteiger partial charge on any atom is 0.0353 e. The Bertz CT molecular complexity index is 1710. The molecule has 1 heterocycles. The molecule has 0 bridgehead atoms. The molecule has 0 unspecified atom stereocenters. The van der Waals surface area contributed by atoms with Crippen LogP contribution in [0.5, 0.6) is 0 Å². The Morgan fingerprint density at radius 3 is 1.29 bits per heavy atom. The Labute approximate surface area is 222 Å². The first-order chi connectivity index (χ1) is 18.9. The number of fused-ring (bicyclic) bond motifs is 2. The van der Waals surface area contributed by atoms with Gasteiger partial charge in [0, 0.05) is 17.8 Å². The van der Waals surface area contributed by atoms with Crippen LogP contribution in [0.25, 0.3) is 66.1 Å². The van der Waals surface area contributed by atoms with Gasteiger partial charge in [-0.05, 0) is 78.9 Å². The number of pyridine rings is 1. The minimum absolute atomic E-state index is 1.16. The molecule has 7 rings (SSSR count). The zero-order valence-corrected chi connectivity index (χ0v) is 20.9. The third-order valence-electron chi connectivity index (χ3n) is 7.34. The van der Waals surface area contributed by atoms with E-state index in [4.69, 9.17) is 0 Å². The third-order valence-corrected chi connectivity index (χ3v) is 7.34. The molecule has 0 saturated carbocycles. The maximum absolute atomic E-state index is 4.59. The van der Waals surface area contributed by atoms with Gasteiger partial charge in [0.2, 0.25) is 0 Å². The zero-order valence-electron chi connectivity index (χ0n) is 20.9. The smallest absolute Gasteiger partial charge is 0.0353 e. The van der Waals surface area contributed by atoms with Crippen LogP contribution in [0.3, 0.4) is 0 Å². The van der Waals surface area contributed by atoms with Crippen LogP contribution in [0.15, 0.2) is 152 Å². The van der Waals surface area contributed by atoms with Gasteiger partial charge in [0.25, 0.3) is 0 Å². The maximum atomic E-state index is 4.59. The molecule has 0 N–H and O–H groups in total. The fourth-order valence-corrected chi connectivity index (χ4v) is 5.61. The predicted octanol–water partition coefficient (Wildman–Crippen LogP) is 10.1. The first kappa shape index (κ1) is 22.2. The number of hydrogen-bond donors (Lipinski definition) is 0. The lowest BCUT2D eigenvalue weighted by atomic mass is 9.85. The average molecular weight is 484 g/mol. The molecule has 0 saturated heterocycles. The molecule has 0 atom stereocenters. The summed E-state index contributed by atoms with van der Waals surface area (Å²) < 4.78 is 0. The third kappa shape index (κ3) is 3.86. The lowest BCUT2D eigenvalue weighted by Crippen LogP contribution is -1.92. The fourth-order valence-electron chi connectivity index (χ4n) is 5.61. The zero-order chi connectivity index (χ0) is 25.3. The Kier molecular flexibility index (Phi) is 5.53. The van der Waals surface area contributed by atoms with Crippen LogP contribution >= 0.6 is 0 Å². The van der Waals surface area contributed by atoms with Gasteiger partial charge in [-0.25, -0.2) is 0 Å².